The SMILES string of the molecule is CCCNC(=O)C(=O)N/N=C/c1ccc(OC)c(OC)c1. The number of carbonyl (C=O) groups excluding carboxylic acids is 2. The number of amides is 2. The molecular formula is C14H19N3O4. The van der Waals surface area contributed by atoms with Crippen LogP contribution in [0.4, 0.5) is 0 Å². The number of ether oxygens (including phenoxy) is 2. The predicted octanol–water partition coefficient (Wildman–Crippen LogP) is 0.680. The van der Waals surface area contributed by atoms with Crippen molar-refractivity contribution < 1.29 is 19.1 Å². The molecular weight excluding hydrogens is 274 g/mol. The maximum atomic E-state index is 11.4. The Morgan fingerprint density at radius 3 is 2.52 bits per heavy atom. The second-order valence-electron chi connectivity index (χ2n) is 4.07. The number of benzene rings is 1. The summed E-state index contributed by atoms with van der Waals surface area (Å²) in [5.41, 5.74) is 2.85. The molecule has 0 saturated heterocycles. The molecule has 7 heteroatoms. The van der Waals surface area contributed by atoms with E-state index in [0.29, 0.717) is 23.6 Å². The monoisotopic (exact) mass is 293 g/mol. The van der Waals surface area contributed by atoms with Gasteiger partial charge >= 0.3 is 11.8 Å². The van der Waals surface area contributed by atoms with Crippen LogP contribution < -0.4 is 20.2 Å². The van der Waals surface area contributed by atoms with Crippen LogP contribution in [0.1, 0.15) is 18.9 Å². The van der Waals surface area contributed by atoms with Gasteiger partial charge in [-0.25, -0.2) is 5.43 Å². The Labute approximate surface area is 123 Å². The van der Waals surface area contributed by atoms with E-state index in [2.05, 4.69) is 15.8 Å². The van der Waals surface area contributed by atoms with Crippen molar-refractivity contribution in [3.8, 4) is 11.5 Å². The fourth-order valence-electron chi connectivity index (χ4n) is 1.47. The summed E-state index contributed by atoms with van der Waals surface area (Å²) in [5.74, 6) is -0.368. The van der Waals surface area contributed by atoms with Gasteiger partial charge in [0.25, 0.3) is 0 Å². The van der Waals surface area contributed by atoms with Crippen LogP contribution in [0.25, 0.3) is 0 Å². The van der Waals surface area contributed by atoms with Gasteiger partial charge in [0.1, 0.15) is 0 Å². The Hall–Kier alpha value is -2.57. The fourth-order valence-corrected chi connectivity index (χ4v) is 1.47. The molecule has 0 atom stereocenters. The Morgan fingerprint density at radius 1 is 1.19 bits per heavy atom. The number of nitrogens with zero attached hydrogens (tertiary/aromatic N) is 1. The van der Waals surface area contributed by atoms with E-state index in [1.54, 1.807) is 25.3 Å². The van der Waals surface area contributed by atoms with E-state index in [1.807, 2.05) is 6.92 Å². The van der Waals surface area contributed by atoms with Gasteiger partial charge in [0.2, 0.25) is 0 Å². The minimum absolute atomic E-state index is 0.450. The zero-order chi connectivity index (χ0) is 15.7. The third kappa shape index (κ3) is 5.13. The molecule has 0 saturated carbocycles. The third-order valence-corrected chi connectivity index (χ3v) is 2.53. The van der Waals surface area contributed by atoms with Crippen LogP contribution in [0.3, 0.4) is 0 Å². The van der Waals surface area contributed by atoms with Crippen LogP contribution in [0, 0.1) is 0 Å². The molecule has 21 heavy (non-hydrogen) atoms. The molecule has 0 aliphatic rings. The first-order valence-electron chi connectivity index (χ1n) is 6.45. The van der Waals surface area contributed by atoms with Gasteiger partial charge in [0, 0.05) is 6.54 Å². The number of rotatable bonds is 6. The van der Waals surface area contributed by atoms with Crippen LogP contribution in [0.2, 0.25) is 0 Å². The molecule has 0 aliphatic carbocycles. The standard InChI is InChI=1S/C14H19N3O4/c1-4-7-15-13(18)14(19)17-16-9-10-5-6-11(20-2)12(8-10)21-3/h5-6,8-9H,4,7H2,1-3H3,(H,15,18)(H,17,19)/b16-9+. The fraction of sp³-hybridized carbons (Fsp3) is 0.357. The van der Waals surface area contributed by atoms with Crippen LogP contribution >= 0.6 is 0 Å². The van der Waals surface area contributed by atoms with Crippen molar-refractivity contribution in [2.24, 2.45) is 5.10 Å². The summed E-state index contributed by atoms with van der Waals surface area (Å²) in [4.78, 5) is 22.7. The van der Waals surface area contributed by atoms with Crippen LogP contribution in [-0.4, -0.2) is 38.8 Å². The van der Waals surface area contributed by atoms with Crippen LogP contribution in [-0.2, 0) is 9.59 Å². The number of methoxy groups -OCH3 is 2. The Morgan fingerprint density at radius 2 is 1.90 bits per heavy atom. The van der Waals surface area contributed by atoms with E-state index in [4.69, 9.17) is 9.47 Å². The molecule has 114 valence electrons. The van der Waals surface area contributed by atoms with Crippen LogP contribution in [0.5, 0.6) is 11.5 Å². The first-order valence-corrected chi connectivity index (χ1v) is 6.45. The van der Waals surface area contributed by atoms with Crippen molar-refractivity contribution in [3.63, 3.8) is 0 Å². The average molecular weight is 293 g/mol. The summed E-state index contributed by atoms with van der Waals surface area (Å²) < 4.78 is 10.3. The first-order chi connectivity index (χ1) is 10.1. The highest BCUT2D eigenvalue weighted by Crippen LogP contribution is 2.26. The number of nitrogens with one attached hydrogen (secondary N) is 2. The van der Waals surface area contributed by atoms with Gasteiger partial charge in [-0.15, -0.1) is 0 Å². The summed E-state index contributed by atoms with van der Waals surface area (Å²) in [6.45, 7) is 2.35. The zero-order valence-corrected chi connectivity index (χ0v) is 12.3. The lowest BCUT2D eigenvalue weighted by Gasteiger charge is -2.07. The van der Waals surface area contributed by atoms with Crippen molar-refractivity contribution in [2.75, 3.05) is 20.8 Å². The molecule has 0 aliphatic heterocycles. The molecule has 0 bridgehead atoms. The molecule has 0 radical (unpaired) electrons. The van der Waals surface area contributed by atoms with Crippen molar-refractivity contribution in [1.82, 2.24) is 10.7 Å². The smallest absolute Gasteiger partial charge is 0.329 e. The van der Waals surface area contributed by atoms with Crippen LogP contribution in [0.15, 0.2) is 23.3 Å². The van der Waals surface area contributed by atoms with Gasteiger partial charge in [-0.2, -0.15) is 5.10 Å². The number of hydrogen-bond donors (Lipinski definition) is 2. The number of hydrazone groups is 1. The first kappa shape index (κ1) is 16.5. The van der Waals surface area contributed by atoms with Gasteiger partial charge < -0.3 is 14.8 Å². The molecule has 0 fully saturated rings. The molecule has 0 aromatic heterocycles. The maximum absolute atomic E-state index is 11.4. The highest BCUT2D eigenvalue weighted by molar-refractivity contribution is 6.35. The Bertz CT molecular complexity index is 529. The van der Waals surface area contributed by atoms with Crippen molar-refractivity contribution in [3.05, 3.63) is 23.8 Å². The number of carbonyl (C=O) groups is 2. The molecule has 0 heterocycles. The van der Waals surface area contributed by atoms with Gasteiger partial charge in [0.15, 0.2) is 11.5 Å². The second-order valence-corrected chi connectivity index (χ2v) is 4.07. The molecule has 1 aromatic rings. The van der Waals surface area contributed by atoms with E-state index in [9.17, 15) is 9.59 Å². The van der Waals surface area contributed by atoms with E-state index in [1.165, 1.54) is 13.3 Å². The summed E-state index contributed by atoms with van der Waals surface area (Å²) in [6.07, 6.45) is 2.17. The van der Waals surface area contributed by atoms with Crippen molar-refractivity contribution in [1.29, 1.82) is 0 Å². The number of hydrogen-bond acceptors (Lipinski definition) is 5. The third-order valence-electron chi connectivity index (χ3n) is 2.53. The topological polar surface area (TPSA) is 89.0 Å². The van der Waals surface area contributed by atoms with Gasteiger partial charge in [0.05, 0.1) is 20.4 Å². The normalized spacial score (nSPS) is 10.2. The highest BCUT2D eigenvalue weighted by atomic mass is 16.5. The highest BCUT2D eigenvalue weighted by Gasteiger charge is 2.10. The molecule has 1 rings (SSSR count). The predicted molar refractivity (Wildman–Crippen MR) is 78.6 cm³/mol. The van der Waals surface area contributed by atoms with E-state index < -0.39 is 11.8 Å². The minimum Gasteiger partial charge on any atom is -0.493 e. The summed E-state index contributed by atoms with van der Waals surface area (Å²) in [7, 11) is 3.07. The van der Waals surface area contributed by atoms with E-state index in [-0.39, 0.29) is 0 Å². The molecule has 2 N–H and O–H groups in total. The van der Waals surface area contributed by atoms with Gasteiger partial charge in [-0.05, 0) is 30.2 Å². The lowest BCUT2D eigenvalue weighted by atomic mass is 10.2. The van der Waals surface area contributed by atoms with Crippen molar-refractivity contribution >= 4 is 18.0 Å². The molecule has 0 spiro atoms. The van der Waals surface area contributed by atoms with E-state index >= 15 is 0 Å². The van der Waals surface area contributed by atoms with Crippen molar-refractivity contribution in [2.45, 2.75) is 13.3 Å². The van der Waals surface area contributed by atoms with E-state index in [0.717, 1.165) is 6.42 Å². The quantitative estimate of drug-likeness (QED) is 0.458. The van der Waals surface area contributed by atoms with Gasteiger partial charge in [-0.3, -0.25) is 9.59 Å². The summed E-state index contributed by atoms with van der Waals surface area (Å²) >= 11 is 0. The minimum atomic E-state index is -0.805. The summed E-state index contributed by atoms with van der Waals surface area (Å²) in [6, 6.07) is 5.16. The largest absolute Gasteiger partial charge is 0.493 e. The van der Waals surface area contributed by atoms with Gasteiger partial charge in [-0.1, -0.05) is 6.92 Å². The molecule has 7 nitrogen and oxygen atoms in total. The maximum Gasteiger partial charge on any atom is 0.329 e. The lowest BCUT2D eigenvalue weighted by molar-refractivity contribution is -0.139. The Balaban J connectivity index is 2.61. The lowest BCUT2D eigenvalue weighted by Crippen LogP contribution is -2.38. The Kier molecular flexibility index (Phi) is 6.73. The summed E-state index contributed by atoms with van der Waals surface area (Å²) in [5, 5.41) is 6.17. The molecule has 2 amide bonds. The molecule has 1 aromatic carbocycles. The second kappa shape index (κ2) is 8.57. The zero-order valence-electron chi connectivity index (χ0n) is 12.3. The average Bonchev–Trinajstić information content (AvgIpc) is 2.52. The molecule has 0 unspecified atom stereocenters.